The van der Waals surface area contributed by atoms with Crippen molar-refractivity contribution in [3.05, 3.63) is 65.2 Å². The van der Waals surface area contributed by atoms with Crippen molar-refractivity contribution < 1.29 is 14.3 Å². The van der Waals surface area contributed by atoms with E-state index >= 15 is 0 Å². The first kappa shape index (κ1) is 14.1. The third-order valence-electron chi connectivity index (χ3n) is 3.12. The van der Waals surface area contributed by atoms with Crippen LogP contribution in [0.15, 0.2) is 48.5 Å². The molecule has 0 bridgehead atoms. The predicted molar refractivity (Wildman–Crippen MR) is 78.2 cm³/mol. The number of carbonyl (C=O) groups is 1. The number of benzene rings is 2. The molecule has 0 aliphatic carbocycles. The summed E-state index contributed by atoms with van der Waals surface area (Å²) in [6.07, 6.45) is 0.801. The summed E-state index contributed by atoms with van der Waals surface area (Å²) in [4.78, 5) is 11.3. The fourth-order valence-corrected chi connectivity index (χ4v) is 1.92. The van der Waals surface area contributed by atoms with E-state index in [2.05, 4.69) is 4.74 Å². The van der Waals surface area contributed by atoms with E-state index in [1.165, 1.54) is 7.11 Å². The van der Waals surface area contributed by atoms with Crippen LogP contribution in [0.4, 0.5) is 0 Å². The molecule has 0 amide bonds. The molecule has 0 aliphatic rings. The number of para-hydroxylation sites is 1. The molecule has 104 valence electrons. The van der Waals surface area contributed by atoms with E-state index in [1.54, 1.807) is 12.1 Å². The molecule has 0 saturated heterocycles. The second-order valence-corrected chi connectivity index (χ2v) is 4.55. The minimum absolute atomic E-state index is 0.312. The molecule has 3 heteroatoms. The smallest absolute Gasteiger partial charge is 0.337 e. The van der Waals surface area contributed by atoms with Gasteiger partial charge in [-0.25, -0.2) is 4.79 Å². The molecule has 2 rings (SSSR count). The molecule has 2 aromatic rings. The van der Waals surface area contributed by atoms with Crippen molar-refractivity contribution in [2.45, 2.75) is 13.3 Å². The fourth-order valence-electron chi connectivity index (χ4n) is 1.92. The van der Waals surface area contributed by atoms with Crippen molar-refractivity contribution in [1.82, 2.24) is 0 Å². The molecular weight excluding hydrogens is 252 g/mol. The summed E-state index contributed by atoms with van der Waals surface area (Å²) < 4.78 is 10.4. The van der Waals surface area contributed by atoms with Gasteiger partial charge < -0.3 is 9.47 Å². The van der Waals surface area contributed by atoms with Crippen LogP contribution in [0, 0.1) is 6.92 Å². The summed E-state index contributed by atoms with van der Waals surface area (Å²) in [7, 11) is 1.38. The topological polar surface area (TPSA) is 35.5 Å². The predicted octanol–water partition coefficient (Wildman–Crippen LogP) is 3.40. The van der Waals surface area contributed by atoms with Crippen molar-refractivity contribution in [2.75, 3.05) is 13.7 Å². The molecule has 0 heterocycles. The minimum atomic E-state index is -0.312. The van der Waals surface area contributed by atoms with E-state index in [4.69, 9.17) is 4.74 Å². The van der Waals surface area contributed by atoms with Gasteiger partial charge in [-0.2, -0.15) is 0 Å². The van der Waals surface area contributed by atoms with Crippen LogP contribution in [0.1, 0.15) is 21.5 Å². The van der Waals surface area contributed by atoms with Crippen LogP contribution < -0.4 is 4.74 Å². The Morgan fingerprint density at radius 3 is 2.40 bits per heavy atom. The highest BCUT2D eigenvalue weighted by molar-refractivity contribution is 5.89. The zero-order valence-electron chi connectivity index (χ0n) is 11.8. The Hall–Kier alpha value is -2.29. The van der Waals surface area contributed by atoms with Gasteiger partial charge in [-0.3, -0.25) is 0 Å². The number of methoxy groups -OCH3 is 1. The normalized spacial score (nSPS) is 10.1. The molecule has 0 aromatic heterocycles. The summed E-state index contributed by atoms with van der Waals surface area (Å²) in [5, 5.41) is 0. The third-order valence-corrected chi connectivity index (χ3v) is 3.12. The number of esters is 1. The summed E-state index contributed by atoms with van der Waals surface area (Å²) in [5.41, 5.74) is 2.83. The molecule has 0 atom stereocenters. The molecule has 0 unspecified atom stereocenters. The van der Waals surface area contributed by atoms with Gasteiger partial charge in [-0.1, -0.05) is 30.3 Å². The Morgan fingerprint density at radius 2 is 1.75 bits per heavy atom. The van der Waals surface area contributed by atoms with E-state index in [9.17, 15) is 4.79 Å². The first-order valence-electron chi connectivity index (χ1n) is 6.56. The minimum Gasteiger partial charge on any atom is -0.493 e. The maximum Gasteiger partial charge on any atom is 0.337 e. The van der Waals surface area contributed by atoms with Gasteiger partial charge >= 0.3 is 5.97 Å². The highest BCUT2D eigenvalue weighted by atomic mass is 16.5. The Kier molecular flexibility index (Phi) is 4.77. The van der Waals surface area contributed by atoms with E-state index in [0.717, 1.165) is 23.3 Å². The quantitative estimate of drug-likeness (QED) is 0.781. The molecule has 0 radical (unpaired) electrons. The molecule has 0 fully saturated rings. The van der Waals surface area contributed by atoms with Gasteiger partial charge in [0, 0.05) is 6.42 Å². The Labute approximate surface area is 119 Å². The Morgan fingerprint density at radius 1 is 1.05 bits per heavy atom. The molecule has 0 saturated carbocycles. The van der Waals surface area contributed by atoms with Crippen LogP contribution in [0.3, 0.4) is 0 Å². The average Bonchev–Trinajstić information content (AvgIpc) is 2.49. The first-order valence-corrected chi connectivity index (χ1v) is 6.56. The lowest BCUT2D eigenvalue weighted by Gasteiger charge is -2.09. The van der Waals surface area contributed by atoms with Crippen molar-refractivity contribution in [2.24, 2.45) is 0 Å². The molecule has 20 heavy (non-hydrogen) atoms. The largest absolute Gasteiger partial charge is 0.493 e. The number of aryl methyl sites for hydroxylation is 1. The molecule has 2 aromatic carbocycles. The number of hydrogen-bond acceptors (Lipinski definition) is 3. The second kappa shape index (κ2) is 6.75. The fraction of sp³-hybridized carbons (Fsp3) is 0.235. The maximum absolute atomic E-state index is 11.3. The molecule has 3 nitrogen and oxygen atoms in total. The van der Waals surface area contributed by atoms with Gasteiger partial charge in [0.25, 0.3) is 0 Å². The lowest BCUT2D eigenvalue weighted by molar-refractivity contribution is 0.0600. The summed E-state index contributed by atoms with van der Waals surface area (Å²) >= 11 is 0. The average molecular weight is 270 g/mol. The number of ether oxygens (including phenoxy) is 2. The van der Waals surface area contributed by atoms with Gasteiger partial charge in [0.05, 0.1) is 19.3 Å². The van der Waals surface area contributed by atoms with Gasteiger partial charge in [0.1, 0.15) is 5.75 Å². The van der Waals surface area contributed by atoms with E-state index < -0.39 is 0 Å². The van der Waals surface area contributed by atoms with E-state index in [-0.39, 0.29) is 5.97 Å². The van der Waals surface area contributed by atoms with Crippen molar-refractivity contribution in [3.63, 3.8) is 0 Å². The van der Waals surface area contributed by atoms with Gasteiger partial charge in [-0.15, -0.1) is 0 Å². The highest BCUT2D eigenvalue weighted by Crippen LogP contribution is 2.16. The van der Waals surface area contributed by atoms with Crippen LogP contribution >= 0.6 is 0 Å². The van der Waals surface area contributed by atoms with Crippen molar-refractivity contribution in [1.29, 1.82) is 0 Å². The summed E-state index contributed by atoms with van der Waals surface area (Å²) in [5.74, 6) is 0.603. The Bertz CT molecular complexity index is 573. The van der Waals surface area contributed by atoms with Crippen molar-refractivity contribution in [3.8, 4) is 5.75 Å². The number of carbonyl (C=O) groups excluding carboxylic acids is 1. The number of rotatable bonds is 5. The monoisotopic (exact) mass is 270 g/mol. The standard InChI is InChI=1S/C17H18O3/c1-13-5-3-4-6-16(13)20-12-11-14-7-9-15(10-8-14)17(18)19-2/h3-10H,11-12H2,1-2H3. The van der Waals surface area contributed by atoms with Crippen LogP contribution in [-0.4, -0.2) is 19.7 Å². The van der Waals surface area contributed by atoms with Crippen LogP contribution in [0.25, 0.3) is 0 Å². The number of hydrogen-bond donors (Lipinski definition) is 0. The lowest BCUT2D eigenvalue weighted by atomic mass is 10.1. The molecule has 0 N–H and O–H groups in total. The SMILES string of the molecule is COC(=O)c1ccc(CCOc2ccccc2C)cc1. The summed E-state index contributed by atoms with van der Waals surface area (Å²) in [6.45, 7) is 2.64. The maximum atomic E-state index is 11.3. The van der Waals surface area contributed by atoms with Crippen LogP contribution in [0.5, 0.6) is 5.75 Å². The summed E-state index contributed by atoms with van der Waals surface area (Å²) in [6, 6.07) is 15.3. The zero-order valence-corrected chi connectivity index (χ0v) is 11.8. The molecular formula is C17H18O3. The van der Waals surface area contributed by atoms with Crippen LogP contribution in [0.2, 0.25) is 0 Å². The Balaban J connectivity index is 1.88. The lowest BCUT2D eigenvalue weighted by Crippen LogP contribution is -2.04. The third kappa shape index (κ3) is 3.60. The van der Waals surface area contributed by atoms with Gasteiger partial charge in [0.15, 0.2) is 0 Å². The molecule has 0 spiro atoms. The van der Waals surface area contributed by atoms with Gasteiger partial charge in [-0.05, 0) is 36.2 Å². The van der Waals surface area contributed by atoms with Crippen molar-refractivity contribution >= 4 is 5.97 Å². The highest BCUT2D eigenvalue weighted by Gasteiger charge is 2.04. The van der Waals surface area contributed by atoms with Gasteiger partial charge in [0.2, 0.25) is 0 Å². The first-order chi connectivity index (χ1) is 9.70. The van der Waals surface area contributed by atoms with Crippen LogP contribution in [-0.2, 0) is 11.2 Å². The second-order valence-electron chi connectivity index (χ2n) is 4.55. The molecule has 0 aliphatic heterocycles. The van der Waals surface area contributed by atoms with E-state index in [1.807, 2.05) is 43.3 Å². The zero-order chi connectivity index (χ0) is 14.4. The van der Waals surface area contributed by atoms with E-state index in [0.29, 0.717) is 12.2 Å².